The predicted molar refractivity (Wildman–Crippen MR) is 81.3 cm³/mol. The molecule has 0 aliphatic rings. The largest absolute Gasteiger partial charge is 0.374 e. The fraction of sp³-hybridized carbons (Fsp3) is 0.923. The first kappa shape index (κ1) is 20.5. The van der Waals surface area contributed by atoms with Gasteiger partial charge in [-0.25, -0.2) is 18.6 Å². The van der Waals surface area contributed by atoms with E-state index in [1.807, 2.05) is 6.92 Å². The predicted octanol–water partition coefficient (Wildman–Crippen LogP) is 0.466. The van der Waals surface area contributed by atoms with Gasteiger partial charge in [0.25, 0.3) is 0 Å². The fourth-order valence-corrected chi connectivity index (χ4v) is 2.52. The number of hydrogen-bond acceptors (Lipinski definition) is 6. The highest BCUT2D eigenvalue weighted by atomic mass is 32.2. The van der Waals surface area contributed by atoms with Gasteiger partial charge in [-0.15, -0.1) is 0 Å². The first-order chi connectivity index (χ1) is 9.71. The minimum absolute atomic E-state index is 0.0562. The number of ether oxygens (including phenoxy) is 1. The minimum atomic E-state index is -3.39. The molecule has 21 heavy (non-hydrogen) atoms. The Hall–Kier alpha value is -0.540. The van der Waals surface area contributed by atoms with E-state index in [4.69, 9.17) is 9.57 Å². The van der Waals surface area contributed by atoms with Gasteiger partial charge in [-0.3, -0.25) is 4.79 Å². The van der Waals surface area contributed by atoms with Crippen LogP contribution in [0.15, 0.2) is 0 Å². The third-order valence-electron chi connectivity index (χ3n) is 2.79. The summed E-state index contributed by atoms with van der Waals surface area (Å²) in [6, 6.07) is -0.531. The molecule has 0 amide bonds. The summed E-state index contributed by atoms with van der Waals surface area (Å²) in [6.07, 6.45) is 1.55. The van der Waals surface area contributed by atoms with Crippen molar-refractivity contribution in [2.24, 2.45) is 5.92 Å². The third kappa shape index (κ3) is 9.92. The number of ketones is 1. The molecular weight excluding hydrogens is 296 g/mol. The highest BCUT2D eigenvalue weighted by Gasteiger charge is 2.26. The lowest BCUT2D eigenvalue weighted by atomic mass is 9.99. The van der Waals surface area contributed by atoms with E-state index in [1.165, 1.54) is 7.11 Å². The Kier molecular flexibility index (Phi) is 9.97. The van der Waals surface area contributed by atoms with Crippen molar-refractivity contribution in [1.82, 2.24) is 10.2 Å². The van der Waals surface area contributed by atoms with Gasteiger partial charge in [-0.2, -0.15) is 0 Å². The maximum atomic E-state index is 12.0. The van der Waals surface area contributed by atoms with Gasteiger partial charge >= 0.3 is 0 Å². The van der Waals surface area contributed by atoms with Gasteiger partial charge in [-0.1, -0.05) is 20.8 Å². The van der Waals surface area contributed by atoms with E-state index in [-0.39, 0.29) is 24.7 Å². The smallest absolute Gasteiger partial charge is 0.209 e. The SMILES string of the molecule is CCCNOCC(CC(OC)C(=O)C(C)C)NS(C)(=O)=O. The first-order valence-electron chi connectivity index (χ1n) is 7.09. The second-order valence-electron chi connectivity index (χ2n) is 5.31. The quantitative estimate of drug-likeness (QED) is 0.400. The van der Waals surface area contributed by atoms with Crippen LogP contribution in [0.3, 0.4) is 0 Å². The Balaban J connectivity index is 4.66. The summed E-state index contributed by atoms with van der Waals surface area (Å²) in [6.45, 7) is 6.35. The average Bonchev–Trinajstić information content (AvgIpc) is 2.37. The maximum Gasteiger partial charge on any atom is 0.209 e. The summed E-state index contributed by atoms with van der Waals surface area (Å²) in [5, 5.41) is 0. The van der Waals surface area contributed by atoms with E-state index in [1.54, 1.807) is 13.8 Å². The second kappa shape index (κ2) is 10.2. The fourth-order valence-electron chi connectivity index (χ4n) is 1.75. The van der Waals surface area contributed by atoms with Crippen LogP contribution in [0.25, 0.3) is 0 Å². The van der Waals surface area contributed by atoms with Gasteiger partial charge in [0.2, 0.25) is 10.0 Å². The second-order valence-corrected chi connectivity index (χ2v) is 7.09. The normalized spacial score (nSPS) is 15.1. The van der Waals surface area contributed by atoms with Crippen LogP contribution in [0.2, 0.25) is 0 Å². The number of carbonyl (C=O) groups is 1. The molecule has 0 aromatic rings. The topological polar surface area (TPSA) is 93.7 Å². The molecule has 2 N–H and O–H groups in total. The number of carbonyl (C=O) groups excluding carboxylic acids is 1. The zero-order chi connectivity index (χ0) is 16.5. The van der Waals surface area contributed by atoms with Crippen LogP contribution in [0, 0.1) is 5.92 Å². The molecule has 0 aliphatic carbocycles. The van der Waals surface area contributed by atoms with Crippen LogP contribution < -0.4 is 10.2 Å². The molecule has 0 aromatic carbocycles. The number of hydroxylamine groups is 1. The van der Waals surface area contributed by atoms with E-state index in [9.17, 15) is 13.2 Å². The molecule has 7 nitrogen and oxygen atoms in total. The summed E-state index contributed by atoms with van der Waals surface area (Å²) in [5.74, 6) is -0.229. The van der Waals surface area contributed by atoms with E-state index >= 15 is 0 Å². The molecular formula is C13H28N2O5S. The summed E-state index contributed by atoms with van der Waals surface area (Å²) in [7, 11) is -1.95. The highest BCUT2D eigenvalue weighted by molar-refractivity contribution is 7.88. The standard InChI is InChI=1S/C13H28N2O5S/c1-6-7-14-20-9-11(15-21(5,17)18)8-12(19-4)13(16)10(2)3/h10-12,14-15H,6-9H2,1-5H3. The van der Waals surface area contributed by atoms with Gasteiger partial charge in [-0.05, 0) is 12.8 Å². The van der Waals surface area contributed by atoms with Crippen molar-refractivity contribution in [3.63, 3.8) is 0 Å². The van der Waals surface area contributed by atoms with Crippen molar-refractivity contribution in [3.8, 4) is 0 Å². The molecule has 0 heterocycles. The van der Waals surface area contributed by atoms with E-state index < -0.39 is 22.2 Å². The van der Waals surface area contributed by atoms with Crippen molar-refractivity contribution in [1.29, 1.82) is 0 Å². The number of rotatable bonds is 12. The number of methoxy groups -OCH3 is 1. The van der Waals surface area contributed by atoms with Crippen LogP contribution in [-0.2, 0) is 24.4 Å². The summed E-state index contributed by atoms with van der Waals surface area (Å²) in [4.78, 5) is 17.2. The molecule has 0 fully saturated rings. The molecule has 0 bridgehead atoms. The number of sulfonamides is 1. The van der Waals surface area contributed by atoms with Crippen LogP contribution in [0.5, 0.6) is 0 Å². The molecule has 0 saturated carbocycles. The monoisotopic (exact) mass is 324 g/mol. The first-order valence-corrected chi connectivity index (χ1v) is 8.98. The van der Waals surface area contributed by atoms with Gasteiger partial charge in [0.15, 0.2) is 5.78 Å². The number of hydrogen-bond donors (Lipinski definition) is 2. The minimum Gasteiger partial charge on any atom is -0.374 e. The molecule has 126 valence electrons. The molecule has 0 aromatic heterocycles. The van der Waals surface area contributed by atoms with Crippen molar-refractivity contribution in [2.45, 2.75) is 45.8 Å². The summed E-state index contributed by atoms with van der Waals surface area (Å²) in [5.41, 5.74) is 2.73. The molecule has 0 radical (unpaired) electrons. The average molecular weight is 324 g/mol. The Morgan fingerprint density at radius 3 is 2.33 bits per heavy atom. The number of nitrogens with one attached hydrogen (secondary N) is 2. The summed E-state index contributed by atoms with van der Waals surface area (Å²) >= 11 is 0. The van der Waals surface area contributed by atoms with Crippen LogP contribution >= 0.6 is 0 Å². The van der Waals surface area contributed by atoms with Crippen molar-refractivity contribution >= 4 is 15.8 Å². The molecule has 0 spiro atoms. The van der Waals surface area contributed by atoms with Crippen LogP contribution in [0.1, 0.15) is 33.6 Å². The molecule has 0 rings (SSSR count). The lowest BCUT2D eigenvalue weighted by Crippen LogP contribution is -2.43. The Bertz CT molecular complexity index is 397. The Labute approximate surface area is 127 Å². The lowest BCUT2D eigenvalue weighted by Gasteiger charge is -2.23. The van der Waals surface area contributed by atoms with E-state index in [0.29, 0.717) is 6.54 Å². The maximum absolute atomic E-state index is 12.0. The molecule has 8 heteroatoms. The Morgan fingerprint density at radius 2 is 1.90 bits per heavy atom. The molecule has 2 unspecified atom stereocenters. The van der Waals surface area contributed by atoms with Crippen molar-refractivity contribution in [2.75, 3.05) is 26.5 Å². The van der Waals surface area contributed by atoms with E-state index in [0.717, 1.165) is 12.7 Å². The van der Waals surface area contributed by atoms with Crippen molar-refractivity contribution < 1.29 is 22.8 Å². The lowest BCUT2D eigenvalue weighted by molar-refractivity contribution is -0.132. The third-order valence-corrected chi connectivity index (χ3v) is 3.55. The Morgan fingerprint density at radius 1 is 1.29 bits per heavy atom. The molecule has 2 atom stereocenters. The van der Waals surface area contributed by atoms with Crippen LogP contribution in [-0.4, -0.2) is 52.9 Å². The zero-order valence-corrected chi connectivity index (χ0v) is 14.3. The van der Waals surface area contributed by atoms with Gasteiger partial charge in [0, 0.05) is 25.6 Å². The zero-order valence-electron chi connectivity index (χ0n) is 13.5. The van der Waals surface area contributed by atoms with Crippen molar-refractivity contribution in [3.05, 3.63) is 0 Å². The van der Waals surface area contributed by atoms with Gasteiger partial charge in [0.05, 0.1) is 12.9 Å². The van der Waals surface area contributed by atoms with Crippen LogP contribution in [0.4, 0.5) is 0 Å². The summed E-state index contributed by atoms with van der Waals surface area (Å²) < 4.78 is 30.4. The van der Waals surface area contributed by atoms with Gasteiger partial charge in [0.1, 0.15) is 6.10 Å². The number of Topliss-reactive ketones (excluding diaryl/α,β-unsaturated/α-hetero) is 1. The highest BCUT2D eigenvalue weighted by Crippen LogP contribution is 2.10. The molecule has 0 saturated heterocycles. The van der Waals surface area contributed by atoms with Gasteiger partial charge < -0.3 is 9.57 Å². The van der Waals surface area contributed by atoms with E-state index in [2.05, 4.69) is 10.2 Å². The molecule has 0 aliphatic heterocycles.